The minimum atomic E-state index is 0.635. The van der Waals surface area contributed by atoms with Gasteiger partial charge in [-0.05, 0) is 29.4 Å². The molecule has 0 aliphatic carbocycles. The molecule has 0 saturated heterocycles. The van der Waals surface area contributed by atoms with E-state index in [9.17, 15) is 0 Å². The molecule has 2 N–H and O–H groups in total. The summed E-state index contributed by atoms with van der Waals surface area (Å²) in [5, 5.41) is 8.24. The van der Waals surface area contributed by atoms with Gasteiger partial charge in [0.2, 0.25) is 0 Å². The number of fused-ring (bicyclic) bond motifs is 1. The van der Waals surface area contributed by atoms with Crippen molar-refractivity contribution in [1.29, 1.82) is 0 Å². The predicted molar refractivity (Wildman–Crippen MR) is 77.2 cm³/mol. The Hall–Kier alpha value is -2.18. The lowest BCUT2D eigenvalue weighted by Gasteiger charge is -2.03. The molecule has 1 aliphatic heterocycles. The molecule has 0 fully saturated rings. The Morgan fingerprint density at radius 2 is 2.00 bits per heavy atom. The lowest BCUT2D eigenvalue weighted by molar-refractivity contribution is -0.355. The summed E-state index contributed by atoms with van der Waals surface area (Å²) >= 11 is 0.682. The number of nitrogens with zero attached hydrogens (tertiary/aromatic N) is 2. The summed E-state index contributed by atoms with van der Waals surface area (Å²) in [7, 11) is 1.58. The first kappa shape index (κ1) is 12.8. The number of methoxy groups -OCH3 is 1. The van der Waals surface area contributed by atoms with Crippen LogP contribution in [0.15, 0.2) is 57.6 Å². The van der Waals surface area contributed by atoms with Gasteiger partial charge in [-0.15, -0.1) is 0 Å². The van der Waals surface area contributed by atoms with Crippen molar-refractivity contribution >= 4 is 29.3 Å². The maximum atomic E-state index is 9.06. The maximum Gasteiger partial charge on any atom is 0.358 e. The fourth-order valence-electron chi connectivity index (χ4n) is 1.97. The number of hydrogen-bond acceptors (Lipinski definition) is 4. The summed E-state index contributed by atoms with van der Waals surface area (Å²) in [5.41, 5.74) is 2.57. The molecule has 0 unspecified atom stereocenters. The highest BCUT2D eigenvalue weighted by atomic mass is 32.2. The smallest absolute Gasteiger partial charge is 0.358 e. The van der Waals surface area contributed by atoms with Crippen molar-refractivity contribution in [3.05, 3.63) is 48.0 Å². The molecule has 1 heterocycles. The van der Waals surface area contributed by atoms with Gasteiger partial charge in [-0.3, -0.25) is 0 Å². The lowest BCUT2D eigenvalue weighted by Crippen LogP contribution is -2.65. The zero-order chi connectivity index (χ0) is 13.9. The standard InChI is InChI=1S/C14H11N3O2S/c1-19-13-8-9(20-18)6-7-12(13)15-14-10-4-2-3-5-11(10)16-17-14/h2-8,18H,1H3/p+1. The molecule has 6 heteroatoms. The minimum absolute atomic E-state index is 0.635. The minimum Gasteiger partial charge on any atom is -0.492 e. The fourth-order valence-corrected chi connectivity index (χ4v) is 2.26. The van der Waals surface area contributed by atoms with Crippen LogP contribution in [0, 0.1) is 0 Å². The summed E-state index contributed by atoms with van der Waals surface area (Å²) in [5.74, 6) is 1.32. The van der Waals surface area contributed by atoms with E-state index in [1.54, 1.807) is 19.2 Å². The second kappa shape index (κ2) is 5.44. The molecule has 20 heavy (non-hydrogen) atoms. The summed E-state index contributed by atoms with van der Waals surface area (Å²) in [6.45, 7) is 0. The van der Waals surface area contributed by atoms with Crippen LogP contribution in [-0.4, -0.2) is 17.5 Å². The average Bonchev–Trinajstić information content (AvgIpc) is 2.91. The summed E-state index contributed by atoms with van der Waals surface area (Å²) in [4.78, 5) is 3.92. The van der Waals surface area contributed by atoms with E-state index in [0.29, 0.717) is 28.5 Å². The largest absolute Gasteiger partial charge is 0.492 e. The van der Waals surface area contributed by atoms with Crippen molar-refractivity contribution in [3.63, 3.8) is 0 Å². The summed E-state index contributed by atoms with van der Waals surface area (Å²) in [6.07, 6.45) is 0. The van der Waals surface area contributed by atoms with Crippen molar-refractivity contribution in [2.75, 3.05) is 7.11 Å². The van der Waals surface area contributed by atoms with Crippen molar-refractivity contribution in [2.24, 2.45) is 10.2 Å². The van der Waals surface area contributed by atoms with E-state index in [2.05, 4.69) is 15.2 Å². The number of ether oxygens (including phenoxy) is 1. The van der Waals surface area contributed by atoms with Crippen LogP contribution in [0.5, 0.6) is 5.75 Å². The van der Waals surface area contributed by atoms with Crippen molar-refractivity contribution < 1.29 is 14.3 Å². The van der Waals surface area contributed by atoms with Gasteiger partial charge in [0.15, 0.2) is 11.4 Å². The first-order valence-corrected chi connectivity index (χ1v) is 6.74. The molecule has 0 amide bonds. The molecule has 100 valence electrons. The number of azo groups is 1. The molecule has 0 atom stereocenters. The molecule has 3 rings (SSSR count). The number of nitrogens with one attached hydrogen (secondary N) is 1. The van der Waals surface area contributed by atoms with Crippen molar-refractivity contribution in [3.8, 4) is 5.75 Å². The van der Waals surface area contributed by atoms with Gasteiger partial charge in [-0.2, -0.15) is 0 Å². The number of rotatable bonds is 3. The second-order valence-electron chi connectivity index (χ2n) is 4.14. The van der Waals surface area contributed by atoms with E-state index in [1.165, 1.54) is 0 Å². The van der Waals surface area contributed by atoms with E-state index in [-0.39, 0.29) is 0 Å². The summed E-state index contributed by atoms with van der Waals surface area (Å²) in [6, 6.07) is 13.1. The normalized spacial score (nSPS) is 14.6. The Labute approximate surface area is 120 Å². The molecule has 2 aromatic rings. The SMILES string of the molecule is COc1cc(SO)ccc1[NH+]=C1N=Nc2ccccc21. The van der Waals surface area contributed by atoms with Crippen molar-refractivity contribution in [2.45, 2.75) is 4.90 Å². The van der Waals surface area contributed by atoms with Crippen LogP contribution in [0.1, 0.15) is 5.56 Å². The Morgan fingerprint density at radius 3 is 2.80 bits per heavy atom. The van der Waals surface area contributed by atoms with Crippen LogP contribution in [0.25, 0.3) is 0 Å². The monoisotopic (exact) mass is 286 g/mol. The molecule has 2 aromatic carbocycles. The fraction of sp³-hybridized carbons (Fsp3) is 0.0714. The molecule has 5 nitrogen and oxygen atoms in total. The lowest BCUT2D eigenvalue weighted by atomic mass is 10.2. The Kier molecular flexibility index (Phi) is 3.49. The van der Waals surface area contributed by atoms with Crippen LogP contribution in [0.3, 0.4) is 0 Å². The van der Waals surface area contributed by atoms with Crippen LogP contribution in [0.2, 0.25) is 0 Å². The van der Waals surface area contributed by atoms with Crippen LogP contribution < -0.4 is 9.73 Å². The number of hydrogen-bond donors (Lipinski definition) is 2. The molecule has 0 aromatic heterocycles. The van der Waals surface area contributed by atoms with Gasteiger partial charge in [0, 0.05) is 23.0 Å². The van der Waals surface area contributed by atoms with Crippen LogP contribution >= 0.6 is 12.0 Å². The molecule has 0 saturated carbocycles. The molecule has 0 radical (unpaired) electrons. The highest BCUT2D eigenvalue weighted by molar-refractivity contribution is 7.93. The third kappa shape index (κ3) is 2.31. The average molecular weight is 286 g/mol. The molecule has 1 aliphatic rings. The molecular weight excluding hydrogens is 274 g/mol. The van der Waals surface area contributed by atoms with E-state index < -0.39 is 0 Å². The van der Waals surface area contributed by atoms with Gasteiger partial charge in [0.05, 0.1) is 12.2 Å². The third-order valence-corrected chi connectivity index (χ3v) is 3.41. The Bertz CT molecular complexity index is 713. The zero-order valence-corrected chi connectivity index (χ0v) is 11.5. The molecular formula is C14H12N3O2S+. The second-order valence-corrected chi connectivity index (χ2v) is 4.80. The van der Waals surface area contributed by atoms with Gasteiger partial charge in [0.1, 0.15) is 11.3 Å². The highest BCUT2D eigenvalue weighted by Crippen LogP contribution is 2.27. The predicted octanol–water partition coefficient (Wildman–Crippen LogP) is 2.52. The van der Waals surface area contributed by atoms with Gasteiger partial charge < -0.3 is 9.29 Å². The van der Waals surface area contributed by atoms with Gasteiger partial charge >= 0.3 is 5.84 Å². The van der Waals surface area contributed by atoms with E-state index >= 15 is 0 Å². The van der Waals surface area contributed by atoms with Crippen LogP contribution in [-0.2, 0) is 0 Å². The topological polar surface area (TPSA) is 68.2 Å². The van der Waals surface area contributed by atoms with E-state index in [4.69, 9.17) is 9.29 Å². The molecule has 0 bridgehead atoms. The van der Waals surface area contributed by atoms with Gasteiger partial charge in [-0.25, -0.2) is 4.99 Å². The first-order valence-electron chi connectivity index (χ1n) is 5.96. The first-order chi connectivity index (χ1) is 9.81. The van der Waals surface area contributed by atoms with E-state index in [0.717, 1.165) is 16.9 Å². The van der Waals surface area contributed by atoms with Crippen molar-refractivity contribution in [1.82, 2.24) is 0 Å². The highest BCUT2D eigenvalue weighted by Gasteiger charge is 2.24. The van der Waals surface area contributed by atoms with Crippen LogP contribution in [0.4, 0.5) is 11.4 Å². The summed E-state index contributed by atoms with van der Waals surface area (Å²) < 4.78 is 14.4. The Balaban J connectivity index is 2.04. The third-order valence-electron chi connectivity index (χ3n) is 2.95. The van der Waals surface area contributed by atoms with Gasteiger partial charge in [-0.1, -0.05) is 12.1 Å². The number of amidine groups is 1. The van der Waals surface area contributed by atoms with Gasteiger partial charge in [0.25, 0.3) is 0 Å². The quantitative estimate of drug-likeness (QED) is 0.852. The molecule has 0 spiro atoms. The Morgan fingerprint density at radius 1 is 1.15 bits per heavy atom. The maximum absolute atomic E-state index is 9.06. The zero-order valence-electron chi connectivity index (χ0n) is 10.7. The van der Waals surface area contributed by atoms with E-state index in [1.807, 2.05) is 30.3 Å². The number of benzene rings is 2.